The third-order valence-electron chi connectivity index (χ3n) is 2.23. The molecule has 1 heterocycles. The minimum atomic E-state index is 0.573. The Kier molecular flexibility index (Phi) is 3.59. The van der Waals surface area contributed by atoms with Crippen LogP contribution < -0.4 is 0 Å². The second-order valence-corrected chi connectivity index (χ2v) is 5.37. The van der Waals surface area contributed by atoms with Gasteiger partial charge in [-0.25, -0.2) is 0 Å². The summed E-state index contributed by atoms with van der Waals surface area (Å²) in [4.78, 5) is 1.31. The third kappa shape index (κ3) is 2.49. The van der Waals surface area contributed by atoms with Crippen LogP contribution in [0.5, 0.6) is 0 Å². The molecule has 15 heavy (non-hydrogen) atoms. The Morgan fingerprint density at radius 2 is 2.27 bits per heavy atom. The van der Waals surface area contributed by atoms with Crippen molar-refractivity contribution < 1.29 is 4.28 Å². The fraction of sp³-hybridized carbons (Fsp3) is 0.364. The highest BCUT2D eigenvalue weighted by atomic mass is 32.2. The molecular formula is C11H13NOS2. The third-order valence-corrected chi connectivity index (χ3v) is 3.63. The maximum Gasteiger partial charge on any atom is 0.0906 e. The Morgan fingerprint density at radius 1 is 1.47 bits per heavy atom. The molecule has 80 valence electrons. The fourth-order valence-electron chi connectivity index (χ4n) is 1.62. The van der Waals surface area contributed by atoms with Crippen molar-refractivity contribution in [2.45, 2.75) is 23.5 Å². The van der Waals surface area contributed by atoms with Gasteiger partial charge in [0.15, 0.2) is 0 Å². The summed E-state index contributed by atoms with van der Waals surface area (Å²) in [7, 11) is 0. The Labute approximate surface area is 98.7 Å². The predicted molar refractivity (Wildman–Crippen MR) is 67.5 cm³/mol. The predicted octanol–water partition coefficient (Wildman–Crippen LogP) is 3.57. The van der Waals surface area contributed by atoms with Gasteiger partial charge in [-0.2, -0.15) is 0 Å². The lowest BCUT2D eigenvalue weighted by Crippen LogP contribution is -2.15. The van der Waals surface area contributed by atoms with Crippen LogP contribution in [-0.4, -0.2) is 17.2 Å². The van der Waals surface area contributed by atoms with Crippen LogP contribution in [0, 0.1) is 0 Å². The number of benzene rings is 1. The summed E-state index contributed by atoms with van der Waals surface area (Å²) in [6.07, 6.45) is 2.85. The van der Waals surface area contributed by atoms with Crippen LogP contribution in [0.25, 0.3) is 0 Å². The topological polar surface area (TPSA) is 21.6 Å². The van der Waals surface area contributed by atoms with E-state index < -0.39 is 0 Å². The molecule has 0 fully saturated rings. The number of rotatable bonds is 2. The van der Waals surface area contributed by atoms with E-state index in [2.05, 4.69) is 30.3 Å². The van der Waals surface area contributed by atoms with Gasteiger partial charge in [0, 0.05) is 28.4 Å². The summed E-state index contributed by atoms with van der Waals surface area (Å²) in [6, 6.07) is 8.36. The van der Waals surface area contributed by atoms with Crippen LogP contribution in [0.3, 0.4) is 0 Å². The number of fused-ring (bicyclic) bond motifs is 1. The first kappa shape index (κ1) is 10.9. The van der Waals surface area contributed by atoms with Gasteiger partial charge in [0.1, 0.15) is 0 Å². The normalized spacial score (nSPS) is 22.5. The standard InChI is InChI=1S/C11H13NOS2/c1-8-7-10(12-13-14-2)9-5-3-4-6-11(9)15-8/h3-6,8H,7H2,1-2H3/b12-10+. The second kappa shape index (κ2) is 4.94. The summed E-state index contributed by atoms with van der Waals surface area (Å²) < 4.78 is 5.07. The lowest BCUT2D eigenvalue weighted by molar-refractivity contribution is 0.406. The first-order valence-corrected chi connectivity index (χ1v) is 6.87. The zero-order valence-electron chi connectivity index (χ0n) is 8.77. The van der Waals surface area contributed by atoms with Crippen LogP contribution in [-0.2, 0) is 4.28 Å². The summed E-state index contributed by atoms with van der Waals surface area (Å²) >= 11 is 3.18. The molecule has 0 spiro atoms. The molecule has 1 unspecified atom stereocenters. The van der Waals surface area contributed by atoms with E-state index in [0.717, 1.165) is 12.1 Å². The molecule has 0 amide bonds. The van der Waals surface area contributed by atoms with E-state index in [1.165, 1.54) is 22.5 Å². The van der Waals surface area contributed by atoms with Gasteiger partial charge >= 0.3 is 0 Å². The van der Waals surface area contributed by atoms with E-state index in [4.69, 9.17) is 4.28 Å². The Balaban J connectivity index is 2.34. The molecule has 1 aliphatic heterocycles. The molecule has 0 saturated carbocycles. The monoisotopic (exact) mass is 239 g/mol. The number of hydrogen-bond donors (Lipinski definition) is 0. The first-order valence-electron chi connectivity index (χ1n) is 4.84. The van der Waals surface area contributed by atoms with Gasteiger partial charge in [0.25, 0.3) is 0 Å². The molecule has 0 aliphatic carbocycles. The van der Waals surface area contributed by atoms with E-state index in [1.807, 2.05) is 24.1 Å². The van der Waals surface area contributed by atoms with Gasteiger partial charge in [-0.15, -0.1) is 11.8 Å². The fourth-order valence-corrected chi connectivity index (χ4v) is 2.93. The maximum atomic E-state index is 5.07. The van der Waals surface area contributed by atoms with E-state index in [1.54, 1.807) is 0 Å². The van der Waals surface area contributed by atoms with Crippen molar-refractivity contribution in [2.24, 2.45) is 5.16 Å². The van der Waals surface area contributed by atoms with E-state index in [9.17, 15) is 0 Å². The van der Waals surface area contributed by atoms with E-state index in [-0.39, 0.29) is 0 Å². The Bertz CT molecular complexity index is 379. The van der Waals surface area contributed by atoms with Crippen LogP contribution in [0.1, 0.15) is 18.9 Å². The van der Waals surface area contributed by atoms with Gasteiger partial charge in [0.2, 0.25) is 0 Å². The summed E-state index contributed by atoms with van der Waals surface area (Å²) in [5.41, 5.74) is 2.28. The zero-order chi connectivity index (χ0) is 10.7. The molecule has 2 nitrogen and oxygen atoms in total. The van der Waals surface area contributed by atoms with Crippen molar-refractivity contribution in [2.75, 3.05) is 6.26 Å². The lowest BCUT2D eigenvalue weighted by Gasteiger charge is -2.21. The van der Waals surface area contributed by atoms with Gasteiger partial charge in [-0.1, -0.05) is 30.3 Å². The van der Waals surface area contributed by atoms with Gasteiger partial charge in [-0.3, -0.25) is 0 Å². The Morgan fingerprint density at radius 3 is 3.07 bits per heavy atom. The van der Waals surface area contributed by atoms with Crippen molar-refractivity contribution in [3.63, 3.8) is 0 Å². The van der Waals surface area contributed by atoms with Crippen LogP contribution in [0.15, 0.2) is 34.3 Å². The van der Waals surface area contributed by atoms with Crippen molar-refractivity contribution in [3.8, 4) is 0 Å². The van der Waals surface area contributed by atoms with Crippen molar-refractivity contribution >= 4 is 29.5 Å². The summed E-state index contributed by atoms with van der Waals surface area (Å²) in [5.74, 6) is 0. The molecule has 2 rings (SSSR count). The molecule has 1 aromatic carbocycles. The highest BCUT2D eigenvalue weighted by Gasteiger charge is 2.21. The van der Waals surface area contributed by atoms with Crippen molar-refractivity contribution in [3.05, 3.63) is 29.8 Å². The SMILES string of the molecule is CSO/N=C1\CC(C)Sc2ccccc21. The quantitative estimate of drug-likeness (QED) is 0.581. The average Bonchev–Trinajstić information content (AvgIpc) is 2.25. The van der Waals surface area contributed by atoms with Gasteiger partial charge in [0.05, 0.1) is 17.8 Å². The number of thioether (sulfide) groups is 1. The van der Waals surface area contributed by atoms with Gasteiger partial charge < -0.3 is 4.28 Å². The highest BCUT2D eigenvalue weighted by Crippen LogP contribution is 2.35. The zero-order valence-corrected chi connectivity index (χ0v) is 10.4. The molecule has 1 aromatic rings. The molecule has 0 N–H and O–H groups in total. The molecule has 0 saturated heterocycles. The molecule has 0 radical (unpaired) electrons. The molecule has 0 aromatic heterocycles. The lowest BCUT2D eigenvalue weighted by atomic mass is 10.1. The first-order chi connectivity index (χ1) is 7.31. The van der Waals surface area contributed by atoms with Crippen LogP contribution in [0.2, 0.25) is 0 Å². The molecule has 1 aliphatic rings. The average molecular weight is 239 g/mol. The molecule has 0 bridgehead atoms. The largest absolute Gasteiger partial charge is 0.322 e. The number of hydrogen-bond acceptors (Lipinski definition) is 4. The molecular weight excluding hydrogens is 226 g/mol. The molecule has 1 atom stereocenters. The summed E-state index contributed by atoms with van der Waals surface area (Å²) in [5, 5.41) is 4.73. The number of oxime groups is 1. The Hall–Kier alpha value is -0.610. The van der Waals surface area contributed by atoms with E-state index >= 15 is 0 Å². The minimum absolute atomic E-state index is 0.573. The van der Waals surface area contributed by atoms with Crippen molar-refractivity contribution in [1.82, 2.24) is 0 Å². The maximum absolute atomic E-state index is 5.07. The van der Waals surface area contributed by atoms with Crippen LogP contribution in [0.4, 0.5) is 0 Å². The van der Waals surface area contributed by atoms with Crippen LogP contribution >= 0.6 is 23.8 Å². The number of nitrogens with zero attached hydrogens (tertiary/aromatic N) is 1. The smallest absolute Gasteiger partial charge is 0.0906 e. The highest BCUT2D eigenvalue weighted by molar-refractivity contribution is 8.00. The van der Waals surface area contributed by atoms with Gasteiger partial charge in [-0.05, 0) is 6.07 Å². The van der Waals surface area contributed by atoms with E-state index in [0.29, 0.717) is 5.25 Å². The molecule has 4 heteroatoms. The second-order valence-electron chi connectivity index (χ2n) is 3.41. The summed E-state index contributed by atoms with van der Waals surface area (Å²) in [6.45, 7) is 2.22. The van der Waals surface area contributed by atoms with Crippen molar-refractivity contribution in [1.29, 1.82) is 0 Å². The minimum Gasteiger partial charge on any atom is -0.322 e.